The van der Waals surface area contributed by atoms with Crippen molar-refractivity contribution < 1.29 is 14.3 Å². The maximum absolute atomic E-state index is 12.3. The maximum atomic E-state index is 12.3. The van der Waals surface area contributed by atoms with Gasteiger partial charge in [-0.3, -0.25) is 9.78 Å². The van der Waals surface area contributed by atoms with Crippen LogP contribution in [0.1, 0.15) is 55.7 Å². The summed E-state index contributed by atoms with van der Waals surface area (Å²) in [7, 11) is 1.47. The highest BCUT2D eigenvalue weighted by Crippen LogP contribution is 2.34. The fourth-order valence-corrected chi connectivity index (χ4v) is 3.70. The van der Waals surface area contributed by atoms with Crippen LogP contribution in [-0.4, -0.2) is 18.1 Å². The van der Waals surface area contributed by atoms with Crippen molar-refractivity contribution in [1.82, 2.24) is 4.98 Å². The summed E-state index contributed by atoms with van der Waals surface area (Å²) in [6, 6.07) is 13.6. The Kier molecular flexibility index (Phi) is 6.64. The Balaban J connectivity index is 1.64. The van der Waals surface area contributed by atoms with Gasteiger partial charge in [-0.15, -0.1) is 0 Å². The number of hydrogen-bond donors (Lipinski definition) is 0. The van der Waals surface area contributed by atoms with E-state index in [1.807, 2.05) is 42.5 Å². The number of hydrogen-bond acceptors (Lipinski definition) is 4. The molecule has 0 spiro atoms. The average Bonchev–Trinajstić information content (AvgIpc) is 2.72. The van der Waals surface area contributed by atoms with Gasteiger partial charge in [0.1, 0.15) is 12.4 Å². The summed E-state index contributed by atoms with van der Waals surface area (Å²) in [6.07, 6.45) is 8.95. The highest BCUT2D eigenvalue weighted by Gasteiger charge is 2.26. The standard InChI is InChI=1S/C22H27NO3/c1-25-22(24)21(15-17-7-3-2-4-8-17)18-10-12-20(13-11-18)26-16-19-9-5-6-14-23-19/h5-6,9-14,17,21H,2-4,7-8,15-16H2,1H3. The van der Waals surface area contributed by atoms with Crippen molar-refractivity contribution in [2.45, 2.75) is 51.0 Å². The molecule has 1 aromatic heterocycles. The summed E-state index contributed by atoms with van der Waals surface area (Å²) in [5.41, 5.74) is 1.90. The van der Waals surface area contributed by atoms with Gasteiger partial charge in [-0.25, -0.2) is 0 Å². The summed E-state index contributed by atoms with van der Waals surface area (Å²) >= 11 is 0. The molecule has 0 saturated heterocycles. The quantitative estimate of drug-likeness (QED) is 0.665. The molecule has 26 heavy (non-hydrogen) atoms. The Morgan fingerprint density at radius 2 is 1.88 bits per heavy atom. The molecule has 1 aliphatic rings. The lowest BCUT2D eigenvalue weighted by Crippen LogP contribution is -2.19. The molecule has 4 nitrogen and oxygen atoms in total. The van der Waals surface area contributed by atoms with E-state index in [0.29, 0.717) is 12.5 Å². The summed E-state index contributed by atoms with van der Waals surface area (Å²) < 4.78 is 10.9. The zero-order valence-electron chi connectivity index (χ0n) is 15.4. The molecule has 0 aliphatic heterocycles. The first-order valence-electron chi connectivity index (χ1n) is 9.47. The number of rotatable bonds is 7. The normalized spacial score (nSPS) is 16.0. The number of aromatic nitrogens is 1. The number of esters is 1. The van der Waals surface area contributed by atoms with Gasteiger partial charge in [0.05, 0.1) is 18.7 Å². The predicted octanol–water partition coefficient (Wildman–Crippen LogP) is 4.89. The van der Waals surface area contributed by atoms with Crippen LogP contribution in [0.4, 0.5) is 0 Å². The largest absolute Gasteiger partial charge is 0.487 e. The lowest BCUT2D eigenvalue weighted by molar-refractivity contribution is -0.143. The lowest BCUT2D eigenvalue weighted by Gasteiger charge is -2.25. The van der Waals surface area contributed by atoms with Crippen LogP contribution in [-0.2, 0) is 16.1 Å². The van der Waals surface area contributed by atoms with Gasteiger partial charge in [-0.05, 0) is 42.2 Å². The molecule has 3 rings (SSSR count). The third-order valence-corrected chi connectivity index (χ3v) is 5.17. The van der Waals surface area contributed by atoms with E-state index in [1.54, 1.807) is 6.20 Å². The molecule has 1 fully saturated rings. The molecule has 1 heterocycles. The van der Waals surface area contributed by atoms with Gasteiger partial charge < -0.3 is 9.47 Å². The van der Waals surface area contributed by atoms with E-state index in [0.717, 1.165) is 23.4 Å². The number of nitrogens with zero attached hydrogens (tertiary/aromatic N) is 1. The predicted molar refractivity (Wildman–Crippen MR) is 101 cm³/mol. The van der Waals surface area contributed by atoms with Crippen molar-refractivity contribution in [3.63, 3.8) is 0 Å². The summed E-state index contributed by atoms with van der Waals surface area (Å²) in [5.74, 6) is 1.07. The van der Waals surface area contributed by atoms with Crippen molar-refractivity contribution >= 4 is 5.97 Å². The third kappa shape index (κ3) is 5.07. The first kappa shape index (κ1) is 18.4. The fraction of sp³-hybridized carbons (Fsp3) is 0.455. The Bertz CT molecular complexity index is 678. The van der Waals surface area contributed by atoms with E-state index in [-0.39, 0.29) is 11.9 Å². The van der Waals surface area contributed by atoms with Gasteiger partial charge in [-0.2, -0.15) is 0 Å². The van der Waals surface area contributed by atoms with Gasteiger partial charge in [-0.1, -0.05) is 50.3 Å². The van der Waals surface area contributed by atoms with Crippen molar-refractivity contribution in [2.24, 2.45) is 5.92 Å². The number of benzene rings is 1. The minimum absolute atomic E-state index is 0.141. The van der Waals surface area contributed by atoms with Gasteiger partial charge in [0.15, 0.2) is 0 Å². The minimum Gasteiger partial charge on any atom is -0.487 e. The zero-order valence-corrected chi connectivity index (χ0v) is 15.4. The van der Waals surface area contributed by atoms with Crippen LogP contribution < -0.4 is 4.74 Å². The topological polar surface area (TPSA) is 48.4 Å². The van der Waals surface area contributed by atoms with Crippen LogP contribution in [0, 0.1) is 5.92 Å². The summed E-state index contributed by atoms with van der Waals surface area (Å²) in [6.45, 7) is 0.433. The number of methoxy groups -OCH3 is 1. The van der Waals surface area contributed by atoms with Crippen LogP contribution >= 0.6 is 0 Å². The molecule has 2 aromatic rings. The highest BCUT2D eigenvalue weighted by atomic mass is 16.5. The second kappa shape index (κ2) is 9.37. The molecule has 1 aliphatic carbocycles. The van der Waals surface area contributed by atoms with Crippen molar-refractivity contribution in [3.05, 3.63) is 59.9 Å². The van der Waals surface area contributed by atoms with Crippen molar-refractivity contribution in [1.29, 1.82) is 0 Å². The molecule has 0 amide bonds. The molecule has 0 N–H and O–H groups in total. The number of carbonyl (C=O) groups is 1. The Morgan fingerprint density at radius 3 is 2.54 bits per heavy atom. The molecule has 1 aromatic carbocycles. The zero-order chi connectivity index (χ0) is 18.2. The summed E-state index contributed by atoms with van der Waals surface area (Å²) in [4.78, 5) is 16.6. The van der Waals surface area contributed by atoms with E-state index in [2.05, 4.69) is 4.98 Å². The molecule has 138 valence electrons. The lowest BCUT2D eigenvalue weighted by atomic mass is 9.80. The third-order valence-electron chi connectivity index (χ3n) is 5.17. The van der Waals surface area contributed by atoms with Crippen LogP contribution in [0.2, 0.25) is 0 Å². The fourth-order valence-electron chi connectivity index (χ4n) is 3.70. The number of pyridine rings is 1. The molecule has 4 heteroatoms. The smallest absolute Gasteiger partial charge is 0.313 e. The minimum atomic E-state index is -0.187. The number of carbonyl (C=O) groups excluding carboxylic acids is 1. The Labute approximate surface area is 155 Å². The van der Waals surface area contributed by atoms with Crippen LogP contribution in [0.15, 0.2) is 48.7 Å². The van der Waals surface area contributed by atoms with E-state index in [9.17, 15) is 4.79 Å². The van der Waals surface area contributed by atoms with E-state index in [1.165, 1.54) is 39.2 Å². The molecule has 1 atom stereocenters. The van der Waals surface area contributed by atoms with Crippen molar-refractivity contribution in [3.8, 4) is 5.75 Å². The molecule has 0 radical (unpaired) electrons. The van der Waals surface area contributed by atoms with Gasteiger partial charge >= 0.3 is 5.97 Å². The maximum Gasteiger partial charge on any atom is 0.313 e. The van der Waals surface area contributed by atoms with Gasteiger partial charge in [0.25, 0.3) is 0 Å². The Hall–Kier alpha value is -2.36. The molecule has 0 bridgehead atoms. The Morgan fingerprint density at radius 1 is 1.12 bits per heavy atom. The van der Waals surface area contributed by atoms with E-state index >= 15 is 0 Å². The monoisotopic (exact) mass is 353 g/mol. The molecular weight excluding hydrogens is 326 g/mol. The van der Waals surface area contributed by atoms with Crippen molar-refractivity contribution in [2.75, 3.05) is 7.11 Å². The van der Waals surface area contributed by atoms with Gasteiger partial charge in [0.2, 0.25) is 0 Å². The van der Waals surface area contributed by atoms with Crippen LogP contribution in [0.3, 0.4) is 0 Å². The van der Waals surface area contributed by atoms with E-state index in [4.69, 9.17) is 9.47 Å². The van der Waals surface area contributed by atoms with E-state index < -0.39 is 0 Å². The highest BCUT2D eigenvalue weighted by molar-refractivity contribution is 5.78. The second-order valence-electron chi connectivity index (χ2n) is 6.99. The second-order valence-corrected chi connectivity index (χ2v) is 6.99. The van der Waals surface area contributed by atoms with Crippen LogP contribution in [0.25, 0.3) is 0 Å². The molecular formula is C22H27NO3. The first-order valence-corrected chi connectivity index (χ1v) is 9.47. The number of ether oxygens (including phenoxy) is 2. The molecule has 1 saturated carbocycles. The SMILES string of the molecule is COC(=O)C(CC1CCCCC1)c1ccc(OCc2ccccn2)cc1. The van der Waals surface area contributed by atoms with Crippen LogP contribution in [0.5, 0.6) is 5.75 Å². The average molecular weight is 353 g/mol. The first-order chi connectivity index (χ1) is 12.8. The van der Waals surface area contributed by atoms with Gasteiger partial charge in [0, 0.05) is 6.20 Å². The molecule has 1 unspecified atom stereocenters. The summed E-state index contributed by atoms with van der Waals surface area (Å²) in [5, 5.41) is 0.